The smallest absolute Gasteiger partial charge is 0.243 e. The van der Waals surface area contributed by atoms with Gasteiger partial charge in [0, 0.05) is 23.2 Å². The van der Waals surface area contributed by atoms with Gasteiger partial charge in [-0.3, -0.25) is 4.79 Å². The highest BCUT2D eigenvalue weighted by molar-refractivity contribution is 9.10. The van der Waals surface area contributed by atoms with E-state index in [1.165, 1.54) is 0 Å². The third kappa shape index (κ3) is 5.18. The Morgan fingerprint density at radius 1 is 1.15 bits per heavy atom. The summed E-state index contributed by atoms with van der Waals surface area (Å²) >= 11 is 3.37. The molecule has 3 rings (SSSR count). The second-order valence-corrected chi connectivity index (χ2v) is 9.84. The first-order chi connectivity index (χ1) is 12.8. The molecule has 0 aromatic heterocycles. The van der Waals surface area contributed by atoms with E-state index >= 15 is 0 Å². The Morgan fingerprint density at radius 3 is 2.44 bits per heavy atom. The van der Waals surface area contributed by atoms with E-state index in [1.54, 1.807) is 28.6 Å². The molecule has 0 saturated carbocycles. The Labute approximate surface area is 169 Å². The van der Waals surface area contributed by atoms with Crippen LogP contribution in [0.4, 0.5) is 5.69 Å². The lowest BCUT2D eigenvalue weighted by atomic mass is 10.0. The number of hydrogen-bond donors (Lipinski definition) is 1. The molecule has 0 aliphatic carbocycles. The summed E-state index contributed by atoms with van der Waals surface area (Å²) < 4.78 is 28.1. The van der Waals surface area contributed by atoms with E-state index in [-0.39, 0.29) is 17.2 Å². The number of piperidine rings is 1. The van der Waals surface area contributed by atoms with Crippen LogP contribution in [0.25, 0.3) is 0 Å². The molecule has 5 nitrogen and oxygen atoms in total. The van der Waals surface area contributed by atoms with Crippen molar-refractivity contribution >= 4 is 37.5 Å². The molecule has 0 radical (unpaired) electrons. The number of sulfonamides is 1. The second-order valence-electron chi connectivity index (χ2n) is 6.99. The van der Waals surface area contributed by atoms with Crippen molar-refractivity contribution in [2.24, 2.45) is 5.92 Å². The lowest BCUT2D eigenvalue weighted by Crippen LogP contribution is -2.39. The molecule has 1 N–H and O–H groups in total. The third-order valence-corrected chi connectivity index (χ3v) is 7.08. The molecule has 2 aromatic rings. The molecular weight excluding hydrogens is 428 g/mol. The maximum atomic E-state index is 12.8. The number of carbonyl (C=O) groups excluding carboxylic acids is 1. The highest BCUT2D eigenvalue weighted by atomic mass is 79.9. The van der Waals surface area contributed by atoms with Gasteiger partial charge in [-0.1, -0.05) is 35.0 Å². The van der Waals surface area contributed by atoms with Crippen LogP contribution in [0.1, 0.15) is 25.3 Å². The van der Waals surface area contributed by atoms with Crippen molar-refractivity contribution in [2.75, 3.05) is 18.4 Å². The van der Waals surface area contributed by atoms with Gasteiger partial charge in [0.15, 0.2) is 0 Å². The van der Waals surface area contributed by atoms with Crippen molar-refractivity contribution in [3.8, 4) is 0 Å². The number of halogens is 1. The summed E-state index contributed by atoms with van der Waals surface area (Å²) in [6.07, 6.45) is 2.22. The summed E-state index contributed by atoms with van der Waals surface area (Å²) in [6.45, 7) is 3.21. The average Bonchev–Trinajstić information content (AvgIpc) is 2.64. The van der Waals surface area contributed by atoms with Crippen molar-refractivity contribution in [2.45, 2.75) is 31.1 Å². The zero-order valence-electron chi connectivity index (χ0n) is 15.2. The number of nitrogens with zero attached hydrogens (tertiary/aromatic N) is 1. The molecule has 7 heteroatoms. The molecule has 1 atom stereocenters. The van der Waals surface area contributed by atoms with Crippen LogP contribution in [0.3, 0.4) is 0 Å². The van der Waals surface area contributed by atoms with E-state index in [0.29, 0.717) is 24.7 Å². The summed E-state index contributed by atoms with van der Waals surface area (Å²) in [7, 11) is -3.48. The number of carbonyl (C=O) groups is 1. The summed E-state index contributed by atoms with van der Waals surface area (Å²) in [5, 5.41) is 2.81. The summed E-state index contributed by atoms with van der Waals surface area (Å²) in [5.41, 5.74) is 1.50. The Balaban J connectivity index is 1.64. The fourth-order valence-electron chi connectivity index (χ4n) is 3.22. The van der Waals surface area contributed by atoms with Crippen LogP contribution in [-0.4, -0.2) is 31.7 Å². The molecule has 1 aliphatic heterocycles. The molecule has 1 fully saturated rings. The van der Waals surface area contributed by atoms with Gasteiger partial charge in [0.2, 0.25) is 15.9 Å². The zero-order chi connectivity index (χ0) is 19.4. The topological polar surface area (TPSA) is 66.5 Å². The van der Waals surface area contributed by atoms with Crippen LogP contribution in [-0.2, 0) is 21.2 Å². The Morgan fingerprint density at radius 2 is 1.81 bits per heavy atom. The van der Waals surface area contributed by atoms with Crippen molar-refractivity contribution in [1.29, 1.82) is 0 Å². The van der Waals surface area contributed by atoms with Gasteiger partial charge in [0.05, 0.1) is 11.3 Å². The van der Waals surface area contributed by atoms with Crippen LogP contribution in [0.5, 0.6) is 0 Å². The molecule has 1 saturated heterocycles. The van der Waals surface area contributed by atoms with Gasteiger partial charge in [-0.05, 0) is 60.7 Å². The number of hydrogen-bond acceptors (Lipinski definition) is 3. The molecule has 2 aromatic carbocycles. The Kier molecular flexibility index (Phi) is 6.34. The minimum atomic E-state index is -3.48. The Bertz CT molecular complexity index is 896. The van der Waals surface area contributed by atoms with E-state index in [9.17, 15) is 13.2 Å². The predicted octanol–water partition coefficient (Wildman–Crippen LogP) is 4.05. The minimum Gasteiger partial charge on any atom is -0.326 e. The first-order valence-corrected chi connectivity index (χ1v) is 11.2. The quantitative estimate of drug-likeness (QED) is 0.746. The van der Waals surface area contributed by atoms with Crippen molar-refractivity contribution < 1.29 is 13.2 Å². The van der Waals surface area contributed by atoms with Crippen LogP contribution in [0.2, 0.25) is 0 Å². The second kappa shape index (κ2) is 8.54. The molecule has 1 aliphatic rings. The van der Waals surface area contributed by atoms with Gasteiger partial charge in [-0.25, -0.2) is 8.42 Å². The van der Waals surface area contributed by atoms with Crippen LogP contribution in [0.15, 0.2) is 57.9 Å². The fourth-order valence-corrected chi connectivity index (χ4v) is 5.08. The normalized spacial score (nSPS) is 18.2. The molecule has 1 amide bonds. The van der Waals surface area contributed by atoms with Crippen LogP contribution in [0, 0.1) is 5.92 Å². The number of anilines is 1. The van der Waals surface area contributed by atoms with Gasteiger partial charge in [0.1, 0.15) is 0 Å². The van der Waals surface area contributed by atoms with Crippen molar-refractivity contribution in [1.82, 2.24) is 4.31 Å². The highest BCUT2D eigenvalue weighted by Crippen LogP contribution is 2.24. The van der Waals surface area contributed by atoms with Gasteiger partial charge >= 0.3 is 0 Å². The van der Waals surface area contributed by atoms with Crippen LogP contribution >= 0.6 is 15.9 Å². The first-order valence-electron chi connectivity index (χ1n) is 8.99. The Hall–Kier alpha value is -1.70. The predicted molar refractivity (Wildman–Crippen MR) is 110 cm³/mol. The minimum absolute atomic E-state index is 0.141. The highest BCUT2D eigenvalue weighted by Gasteiger charge is 2.28. The molecule has 1 heterocycles. The largest absolute Gasteiger partial charge is 0.326 e. The molecule has 1 unspecified atom stereocenters. The molecule has 144 valence electrons. The lowest BCUT2D eigenvalue weighted by molar-refractivity contribution is -0.115. The summed E-state index contributed by atoms with van der Waals surface area (Å²) in [6, 6.07) is 14.0. The van der Waals surface area contributed by atoms with Crippen LogP contribution < -0.4 is 5.32 Å². The number of rotatable bonds is 5. The number of benzene rings is 2. The maximum absolute atomic E-state index is 12.8. The van der Waals surface area contributed by atoms with E-state index in [1.807, 2.05) is 24.3 Å². The van der Waals surface area contributed by atoms with Gasteiger partial charge in [-0.2, -0.15) is 4.31 Å². The lowest BCUT2D eigenvalue weighted by Gasteiger charge is -2.30. The molecular formula is C20H23BrN2O3S. The molecule has 27 heavy (non-hydrogen) atoms. The summed E-state index contributed by atoms with van der Waals surface area (Å²) in [5.74, 6) is 0.239. The van der Waals surface area contributed by atoms with Gasteiger partial charge in [-0.15, -0.1) is 0 Å². The van der Waals surface area contributed by atoms with Gasteiger partial charge < -0.3 is 5.32 Å². The first kappa shape index (κ1) is 20.0. The SMILES string of the molecule is CC1CCCN(S(=O)(=O)c2ccc(NC(=O)Cc3ccc(Br)cc3)cc2)C1. The van der Waals surface area contributed by atoms with E-state index in [2.05, 4.69) is 28.2 Å². The average molecular weight is 451 g/mol. The molecule has 0 spiro atoms. The van der Waals surface area contributed by atoms with Crippen molar-refractivity contribution in [3.05, 3.63) is 58.6 Å². The zero-order valence-corrected chi connectivity index (χ0v) is 17.6. The monoisotopic (exact) mass is 450 g/mol. The number of nitrogens with one attached hydrogen (secondary N) is 1. The third-order valence-electron chi connectivity index (χ3n) is 4.67. The van der Waals surface area contributed by atoms with E-state index < -0.39 is 10.0 Å². The molecule has 0 bridgehead atoms. The van der Waals surface area contributed by atoms with Gasteiger partial charge in [0.25, 0.3) is 0 Å². The maximum Gasteiger partial charge on any atom is 0.243 e. The fraction of sp³-hybridized carbons (Fsp3) is 0.350. The van der Waals surface area contributed by atoms with Crippen molar-refractivity contribution in [3.63, 3.8) is 0 Å². The van der Waals surface area contributed by atoms with E-state index in [0.717, 1.165) is 22.9 Å². The number of amides is 1. The van der Waals surface area contributed by atoms with E-state index in [4.69, 9.17) is 0 Å². The standard InChI is InChI=1S/C20H23BrN2O3S/c1-15-3-2-12-23(14-15)27(25,26)19-10-8-18(9-11-19)22-20(24)13-16-4-6-17(21)7-5-16/h4-11,15H,2-3,12-14H2,1H3,(H,22,24). The summed E-state index contributed by atoms with van der Waals surface area (Å²) in [4.78, 5) is 12.4.